The van der Waals surface area contributed by atoms with Crippen molar-refractivity contribution in [1.82, 2.24) is 9.97 Å². The Balaban J connectivity index is 1.71. The molecule has 0 spiro atoms. The number of hydrogen-bond donors (Lipinski definition) is 1. The van der Waals surface area contributed by atoms with E-state index in [4.69, 9.17) is 0 Å². The summed E-state index contributed by atoms with van der Waals surface area (Å²) in [6, 6.07) is 4.22. The van der Waals surface area contributed by atoms with Crippen LogP contribution >= 0.6 is 0 Å². The number of ether oxygens (including phenoxy) is 1. The molecule has 0 saturated carbocycles. The highest BCUT2D eigenvalue weighted by Gasteiger charge is 2.30. The fourth-order valence-corrected chi connectivity index (χ4v) is 3.96. The lowest BCUT2D eigenvalue weighted by molar-refractivity contribution is -0.116. The number of fused-ring (bicyclic) bond motifs is 1. The van der Waals surface area contributed by atoms with Crippen molar-refractivity contribution in [2.45, 2.75) is 32.1 Å². The van der Waals surface area contributed by atoms with E-state index in [-0.39, 0.29) is 17.5 Å². The third-order valence-corrected chi connectivity index (χ3v) is 5.37. The maximum atomic E-state index is 12.4. The summed E-state index contributed by atoms with van der Waals surface area (Å²) in [5.41, 5.74) is 5.01. The van der Waals surface area contributed by atoms with E-state index < -0.39 is 5.97 Å². The number of methoxy groups -OCH3 is 1. The molecule has 0 bridgehead atoms. The van der Waals surface area contributed by atoms with Crippen molar-refractivity contribution in [3.05, 3.63) is 47.0 Å². The van der Waals surface area contributed by atoms with Crippen LogP contribution in [0.25, 0.3) is 0 Å². The lowest BCUT2D eigenvalue weighted by Gasteiger charge is -2.30. The summed E-state index contributed by atoms with van der Waals surface area (Å²) in [7, 11) is 1.31. The number of anilines is 2. The summed E-state index contributed by atoms with van der Waals surface area (Å²) in [4.78, 5) is 34.8. The van der Waals surface area contributed by atoms with Gasteiger partial charge >= 0.3 is 5.97 Å². The highest BCUT2D eigenvalue weighted by molar-refractivity contribution is 5.97. The van der Waals surface area contributed by atoms with E-state index in [9.17, 15) is 9.59 Å². The minimum atomic E-state index is -0.526. The predicted octanol–water partition coefficient (Wildman–Crippen LogP) is 2.65. The van der Waals surface area contributed by atoms with E-state index >= 15 is 0 Å². The van der Waals surface area contributed by atoms with Crippen LogP contribution < -0.4 is 10.2 Å². The first-order valence-corrected chi connectivity index (χ1v) is 9.17. The standard InChI is InChI=1S/C20H22N4O3/c1-12-17(24-7-3-4-8-24)6-5-13-14(9-18(25)23-19(12)13)15-10-22-16(11-21-15)20(26)27-2/h5-6,10-11,14H,3-4,7-9H2,1-2H3,(H,23,25). The summed E-state index contributed by atoms with van der Waals surface area (Å²) in [5, 5.41) is 3.04. The number of hydrogen-bond acceptors (Lipinski definition) is 6. The van der Waals surface area contributed by atoms with Gasteiger partial charge < -0.3 is 15.0 Å². The second-order valence-electron chi connectivity index (χ2n) is 6.99. The topological polar surface area (TPSA) is 84.4 Å². The molecule has 4 rings (SSSR count). The highest BCUT2D eigenvalue weighted by atomic mass is 16.5. The zero-order valence-corrected chi connectivity index (χ0v) is 15.5. The quantitative estimate of drug-likeness (QED) is 0.841. The van der Waals surface area contributed by atoms with Gasteiger partial charge in [-0.1, -0.05) is 6.07 Å². The van der Waals surface area contributed by atoms with Gasteiger partial charge in [0.05, 0.1) is 25.2 Å². The molecule has 1 N–H and O–H groups in total. The molecule has 3 heterocycles. The Kier molecular flexibility index (Phi) is 4.51. The molecule has 2 aromatic rings. The lowest BCUT2D eigenvalue weighted by Crippen LogP contribution is -2.26. The SMILES string of the molecule is COC(=O)c1cnc(C2CC(=O)Nc3c2ccc(N2CCCC2)c3C)cn1. The Morgan fingerprint density at radius 3 is 2.67 bits per heavy atom. The van der Waals surface area contributed by atoms with Gasteiger partial charge in [0.25, 0.3) is 0 Å². The number of amides is 1. The zero-order valence-electron chi connectivity index (χ0n) is 15.5. The number of nitrogens with one attached hydrogen (secondary N) is 1. The van der Waals surface area contributed by atoms with Gasteiger partial charge in [0.15, 0.2) is 5.69 Å². The molecule has 7 heteroatoms. The smallest absolute Gasteiger partial charge is 0.358 e. The van der Waals surface area contributed by atoms with Crippen LogP contribution in [0.2, 0.25) is 0 Å². The molecule has 1 amide bonds. The lowest BCUT2D eigenvalue weighted by atomic mass is 9.86. The van der Waals surface area contributed by atoms with Gasteiger partial charge in [0, 0.05) is 36.8 Å². The fourth-order valence-electron chi connectivity index (χ4n) is 3.96. The Morgan fingerprint density at radius 2 is 2.00 bits per heavy atom. The molecule has 1 atom stereocenters. The van der Waals surface area contributed by atoms with Gasteiger partial charge in [0.2, 0.25) is 5.91 Å². The maximum Gasteiger partial charge on any atom is 0.358 e. The molecule has 1 fully saturated rings. The maximum absolute atomic E-state index is 12.4. The molecule has 1 saturated heterocycles. The first-order valence-electron chi connectivity index (χ1n) is 9.17. The average molecular weight is 366 g/mol. The summed E-state index contributed by atoms with van der Waals surface area (Å²) < 4.78 is 4.66. The minimum absolute atomic E-state index is 0.0342. The molecule has 1 aromatic heterocycles. The van der Waals surface area contributed by atoms with E-state index in [2.05, 4.69) is 44.0 Å². The van der Waals surface area contributed by atoms with Crippen molar-refractivity contribution in [3.8, 4) is 0 Å². The Bertz CT molecular complexity index is 889. The summed E-state index contributed by atoms with van der Waals surface area (Å²) in [6.07, 6.45) is 5.67. The van der Waals surface area contributed by atoms with Crippen molar-refractivity contribution >= 4 is 23.3 Å². The first kappa shape index (κ1) is 17.5. The second-order valence-corrected chi connectivity index (χ2v) is 6.99. The molecule has 7 nitrogen and oxygen atoms in total. The molecule has 2 aliphatic heterocycles. The van der Waals surface area contributed by atoms with E-state index in [1.165, 1.54) is 31.8 Å². The van der Waals surface area contributed by atoms with Gasteiger partial charge in [-0.05, 0) is 37.0 Å². The number of carbonyl (C=O) groups excluding carboxylic acids is 2. The molecule has 1 aromatic carbocycles. The van der Waals surface area contributed by atoms with Gasteiger partial charge in [-0.15, -0.1) is 0 Å². The Hall–Kier alpha value is -2.96. The Morgan fingerprint density at radius 1 is 1.22 bits per heavy atom. The number of nitrogens with zero attached hydrogens (tertiary/aromatic N) is 3. The minimum Gasteiger partial charge on any atom is -0.464 e. The third kappa shape index (κ3) is 3.13. The number of carbonyl (C=O) groups is 2. The van der Waals surface area contributed by atoms with Crippen molar-refractivity contribution in [2.75, 3.05) is 30.4 Å². The van der Waals surface area contributed by atoms with E-state index in [0.717, 1.165) is 29.9 Å². The van der Waals surface area contributed by atoms with Crippen LogP contribution in [-0.2, 0) is 9.53 Å². The summed E-state index contributed by atoms with van der Waals surface area (Å²) in [6.45, 7) is 4.16. The third-order valence-electron chi connectivity index (χ3n) is 5.37. The van der Waals surface area contributed by atoms with Crippen LogP contribution in [0.15, 0.2) is 24.5 Å². The van der Waals surface area contributed by atoms with Crippen LogP contribution in [0.4, 0.5) is 11.4 Å². The normalized spacial score (nSPS) is 18.8. The predicted molar refractivity (Wildman–Crippen MR) is 101 cm³/mol. The van der Waals surface area contributed by atoms with Gasteiger partial charge in [-0.2, -0.15) is 0 Å². The summed E-state index contributed by atoms with van der Waals surface area (Å²) >= 11 is 0. The summed E-state index contributed by atoms with van der Waals surface area (Å²) in [5.74, 6) is -0.741. The van der Waals surface area contributed by atoms with Gasteiger partial charge in [-0.3, -0.25) is 9.78 Å². The van der Waals surface area contributed by atoms with Crippen LogP contribution in [0, 0.1) is 6.92 Å². The molecule has 2 aliphatic rings. The molecular weight excluding hydrogens is 344 g/mol. The van der Waals surface area contributed by atoms with E-state index in [1.54, 1.807) is 6.20 Å². The molecule has 0 aliphatic carbocycles. The molecule has 140 valence electrons. The molecule has 0 radical (unpaired) electrons. The fraction of sp³-hybridized carbons (Fsp3) is 0.400. The molecular formula is C20H22N4O3. The Labute approximate surface area is 157 Å². The van der Waals surface area contributed by atoms with Crippen LogP contribution in [0.5, 0.6) is 0 Å². The average Bonchev–Trinajstić information content (AvgIpc) is 3.22. The van der Waals surface area contributed by atoms with Crippen LogP contribution in [0.3, 0.4) is 0 Å². The zero-order chi connectivity index (χ0) is 19.0. The van der Waals surface area contributed by atoms with Crippen molar-refractivity contribution < 1.29 is 14.3 Å². The van der Waals surface area contributed by atoms with Gasteiger partial charge in [-0.25, -0.2) is 9.78 Å². The largest absolute Gasteiger partial charge is 0.464 e. The molecule has 1 unspecified atom stereocenters. The van der Waals surface area contributed by atoms with Gasteiger partial charge in [0.1, 0.15) is 0 Å². The number of rotatable bonds is 3. The number of aromatic nitrogens is 2. The monoisotopic (exact) mass is 366 g/mol. The van der Waals surface area contributed by atoms with Crippen LogP contribution in [0.1, 0.15) is 52.5 Å². The number of benzene rings is 1. The molecule has 27 heavy (non-hydrogen) atoms. The second kappa shape index (κ2) is 6.98. The van der Waals surface area contributed by atoms with Crippen molar-refractivity contribution in [3.63, 3.8) is 0 Å². The highest BCUT2D eigenvalue weighted by Crippen LogP contribution is 2.41. The van der Waals surface area contributed by atoms with E-state index in [1.807, 2.05) is 0 Å². The van der Waals surface area contributed by atoms with Crippen LogP contribution in [-0.4, -0.2) is 42.0 Å². The first-order chi connectivity index (χ1) is 13.1. The van der Waals surface area contributed by atoms with Crippen molar-refractivity contribution in [1.29, 1.82) is 0 Å². The van der Waals surface area contributed by atoms with Crippen molar-refractivity contribution in [2.24, 2.45) is 0 Å². The van der Waals surface area contributed by atoms with E-state index in [0.29, 0.717) is 12.1 Å². The number of esters is 1.